The molecule has 6 heteroatoms. The van der Waals surface area contributed by atoms with Crippen molar-refractivity contribution >= 4 is 11.6 Å². The molecule has 0 radical (unpaired) electrons. The highest BCUT2D eigenvalue weighted by Crippen LogP contribution is 2.27. The average molecular weight is 443 g/mol. The van der Waals surface area contributed by atoms with E-state index in [0.29, 0.717) is 12.3 Å². The maximum atomic E-state index is 12.7. The molecule has 0 unspecified atom stereocenters. The largest absolute Gasteiger partial charge is 0.441 e. The molecule has 4 rings (SSSR count). The third-order valence-corrected chi connectivity index (χ3v) is 5.94. The molecule has 0 saturated heterocycles. The molecular weight excluding hydrogens is 412 g/mol. The van der Waals surface area contributed by atoms with Gasteiger partial charge < -0.3 is 9.73 Å². The minimum atomic E-state index is -0.100. The second kappa shape index (κ2) is 9.06. The van der Waals surface area contributed by atoms with Gasteiger partial charge in [0.15, 0.2) is 0 Å². The van der Waals surface area contributed by atoms with Crippen LogP contribution in [0.3, 0.4) is 0 Å². The predicted octanol–water partition coefficient (Wildman–Crippen LogP) is 5.62. The van der Waals surface area contributed by atoms with E-state index in [9.17, 15) is 4.79 Å². The van der Waals surface area contributed by atoms with Crippen molar-refractivity contribution < 1.29 is 9.21 Å². The third-order valence-electron chi connectivity index (χ3n) is 5.94. The first-order valence-electron chi connectivity index (χ1n) is 11.1. The maximum Gasteiger partial charge on any atom is 0.246 e. The number of nitrogens with zero attached hydrogens (tertiary/aromatic N) is 3. The molecular formula is C27H30N4O2. The topological polar surface area (TPSA) is 73.0 Å². The van der Waals surface area contributed by atoms with Gasteiger partial charge in [-0.1, -0.05) is 24.3 Å². The number of amides is 1. The van der Waals surface area contributed by atoms with Crippen molar-refractivity contribution in [2.45, 2.75) is 54.5 Å². The molecule has 2 heterocycles. The molecule has 1 amide bonds. The van der Waals surface area contributed by atoms with Crippen LogP contribution in [0.25, 0.3) is 11.5 Å². The van der Waals surface area contributed by atoms with Gasteiger partial charge in [0.2, 0.25) is 11.8 Å². The minimum Gasteiger partial charge on any atom is -0.441 e. The summed E-state index contributed by atoms with van der Waals surface area (Å²) in [6, 6.07) is 14.1. The van der Waals surface area contributed by atoms with Gasteiger partial charge in [-0.05, 0) is 76.4 Å². The summed E-state index contributed by atoms with van der Waals surface area (Å²) in [7, 11) is 0. The lowest BCUT2D eigenvalue weighted by molar-refractivity contribution is -0.116. The number of aromatic nitrogens is 3. The smallest absolute Gasteiger partial charge is 0.246 e. The molecule has 0 aliphatic rings. The van der Waals surface area contributed by atoms with E-state index in [0.717, 1.165) is 56.3 Å². The van der Waals surface area contributed by atoms with E-state index < -0.39 is 0 Å². The molecule has 4 aromatic rings. The number of rotatable bonds is 6. The molecule has 2 aromatic carbocycles. The molecule has 2 aromatic heterocycles. The fraction of sp³-hybridized carbons (Fsp3) is 0.296. The predicted molar refractivity (Wildman–Crippen MR) is 130 cm³/mol. The Morgan fingerprint density at radius 2 is 1.70 bits per heavy atom. The second-order valence-corrected chi connectivity index (χ2v) is 8.75. The number of anilines is 1. The Morgan fingerprint density at radius 3 is 2.39 bits per heavy atom. The number of hydrogen-bond acceptors (Lipinski definition) is 4. The Morgan fingerprint density at radius 1 is 1.00 bits per heavy atom. The lowest BCUT2D eigenvalue weighted by Crippen LogP contribution is -2.20. The Bertz CT molecular complexity index is 1310. The standard InChI is InChI=1S/C27H30N4O2/c1-16-11-17(2)13-22(12-16)28-26(32)15-31-20(5)24(19(4)30-31)14-25-21(6)33-27(29-25)23-10-8-7-9-18(23)3/h7-13H,14-15H2,1-6H3,(H,28,32). The zero-order chi connectivity index (χ0) is 23.7. The van der Waals surface area contributed by atoms with Gasteiger partial charge in [-0.25, -0.2) is 4.98 Å². The van der Waals surface area contributed by atoms with Crippen LogP contribution in [0.15, 0.2) is 46.9 Å². The van der Waals surface area contributed by atoms with Crippen molar-refractivity contribution in [1.82, 2.24) is 14.8 Å². The molecule has 170 valence electrons. The lowest BCUT2D eigenvalue weighted by atomic mass is 10.1. The van der Waals surface area contributed by atoms with Crippen molar-refractivity contribution in [3.8, 4) is 11.5 Å². The van der Waals surface area contributed by atoms with Crippen molar-refractivity contribution in [1.29, 1.82) is 0 Å². The summed E-state index contributed by atoms with van der Waals surface area (Å²) in [5.74, 6) is 1.33. The van der Waals surface area contributed by atoms with Gasteiger partial charge in [-0.15, -0.1) is 0 Å². The molecule has 33 heavy (non-hydrogen) atoms. The highest BCUT2D eigenvalue weighted by Gasteiger charge is 2.19. The lowest BCUT2D eigenvalue weighted by Gasteiger charge is -2.09. The van der Waals surface area contributed by atoms with E-state index in [4.69, 9.17) is 9.40 Å². The molecule has 0 bridgehead atoms. The van der Waals surface area contributed by atoms with Crippen molar-refractivity contribution in [2.24, 2.45) is 0 Å². The van der Waals surface area contributed by atoms with Crippen LogP contribution in [0, 0.1) is 41.5 Å². The molecule has 0 spiro atoms. The highest BCUT2D eigenvalue weighted by molar-refractivity contribution is 5.90. The summed E-state index contributed by atoms with van der Waals surface area (Å²) >= 11 is 0. The minimum absolute atomic E-state index is 0.100. The van der Waals surface area contributed by atoms with E-state index in [2.05, 4.69) is 29.5 Å². The summed E-state index contributed by atoms with van der Waals surface area (Å²) in [6.07, 6.45) is 0.609. The number of carbonyl (C=O) groups is 1. The van der Waals surface area contributed by atoms with E-state index in [1.165, 1.54) is 0 Å². The van der Waals surface area contributed by atoms with Crippen molar-refractivity contribution in [3.05, 3.63) is 87.6 Å². The van der Waals surface area contributed by atoms with E-state index in [1.807, 2.05) is 65.0 Å². The molecule has 0 fully saturated rings. The highest BCUT2D eigenvalue weighted by atomic mass is 16.4. The Labute approximate surface area is 194 Å². The first-order valence-corrected chi connectivity index (χ1v) is 11.1. The summed E-state index contributed by atoms with van der Waals surface area (Å²) in [5, 5.41) is 7.62. The van der Waals surface area contributed by atoms with Gasteiger partial charge in [-0.3, -0.25) is 9.48 Å². The number of hydrogen-bond donors (Lipinski definition) is 1. The summed E-state index contributed by atoms with van der Waals surface area (Å²) in [4.78, 5) is 17.5. The van der Waals surface area contributed by atoms with Crippen LogP contribution in [0.5, 0.6) is 0 Å². The normalized spacial score (nSPS) is 11.1. The number of nitrogens with one attached hydrogen (secondary N) is 1. The summed E-state index contributed by atoms with van der Waals surface area (Å²) in [6.45, 7) is 12.2. The van der Waals surface area contributed by atoms with Crippen LogP contribution in [-0.2, 0) is 17.8 Å². The van der Waals surface area contributed by atoms with E-state index >= 15 is 0 Å². The van der Waals surface area contributed by atoms with Crippen LogP contribution in [0.2, 0.25) is 0 Å². The Hall–Kier alpha value is -3.67. The van der Waals surface area contributed by atoms with Gasteiger partial charge in [0.05, 0.1) is 11.4 Å². The van der Waals surface area contributed by atoms with Crippen molar-refractivity contribution in [2.75, 3.05) is 5.32 Å². The quantitative estimate of drug-likeness (QED) is 0.421. The average Bonchev–Trinajstić information content (AvgIpc) is 3.22. The first-order chi connectivity index (χ1) is 15.7. The Balaban J connectivity index is 1.52. The van der Waals surface area contributed by atoms with Gasteiger partial charge >= 0.3 is 0 Å². The molecule has 0 aliphatic heterocycles. The molecule has 1 N–H and O–H groups in total. The molecule has 0 atom stereocenters. The summed E-state index contributed by atoms with van der Waals surface area (Å²) in [5.41, 5.74) is 8.98. The van der Waals surface area contributed by atoms with Gasteiger partial charge in [0, 0.05) is 28.9 Å². The second-order valence-electron chi connectivity index (χ2n) is 8.75. The monoisotopic (exact) mass is 442 g/mol. The zero-order valence-corrected chi connectivity index (χ0v) is 20.1. The van der Waals surface area contributed by atoms with Crippen LogP contribution in [0.1, 0.15) is 45.1 Å². The van der Waals surface area contributed by atoms with Gasteiger partial charge in [0.25, 0.3) is 0 Å². The Kier molecular flexibility index (Phi) is 6.18. The third kappa shape index (κ3) is 4.90. The van der Waals surface area contributed by atoms with Crippen molar-refractivity contribution in [3.63, 3.8) is 0 Å². The first kappa shape index (κ1) is 22.5. The van der Waals surface area contributed by atoms with E-state index in [1.54, 1.807) is 4.68 Å². The maximum absolute atomic E-state index is 12.7. The van der Waals surface area contributed by atoms with Crippen LogP contribution in [0.4, 0.5) is 5.69 Å². The number of carbonyl (C=O) groups excluding carboxylic acids is 1. The van der Waals surface area contributed by atoms with E-state index in [-0.39, 0.29) is 12.5 Å². The number of oxazole rings is 1. The summed E-state index contributed by atoms with van der Waals surface area (Å²) < 4.78 is 7.75. The molecule has 0 saturated carbocycles. The van der Waals surface area contributed by atoms with Crippen LogP contribution in [-0.4, -0.2) is 20.7 Å². The van der Waals surface area contributed by atoms with Crippen LogP contribution >= 0.6 is 0 Å². The zero-order valence-electron chi connectivity index (χ0n) is 20.1. The van der Waals surface area contributed by atoms with Gasteiger partial charge in [-0.2, -0.15) is 5.10 Å². The fourth-order valence-corrected chi connectivity index (χ4v) is 4.21. The number of aryl methyl sites for hydroxylation is 5. The molecule has 0 aliphatic carbocycles. The number of benzene rings is 2. The van der Waals surface area contributed by atoms with Gasteiger partial charge in [0.1, 0.15) is 12.3 Å². The SMILES string of the molecule is Cc1cc(C)cc(NC(=O)Cn2nc(C)c(Cc3nc(-c4ccccc4C)oc3C)c2C)c1. The molecule has 6 nitrogen and oxygen atoms in total. The van der Waals surface area contributed by atoms with Crippen LogP contribution < -0.4 is 5.32 Å². The fourth-order valence-electron chi connectivity index (χ4n) is 4.21.